The van der Waals surface area contributed by atoms with Gasteiger partial charge in [-0.05, 0) is 38.0 Å². The molecule has 1 rings (SSSR count). The maximum absolute atomic E-state index is 11.8. The molecule has 0 heterocycles. The second-order valence-corrected chi connectivity index (χ2v) is 5.45. The molecule has 0 saturated heterocycles. The monoisotopic (exact) mass is 303 g/mol. The van der Waals surface area contributed by atoms with Crippen molar-refractivity contribution < 1.29 is 4.79 Å². The van der Waals surface area contributed by atoms with Crippen molar-refractivity contribution in [2.24, 2.45) is 0 Å². The third kappa shape index (κ3) is 4.14. The first kappa shape index (κ1) is 13.5. The molecule has 16 heavy (non-hydrogen) atoms. The van der Waals surface area contributed by atoms with Crippen LogP contribution in [0.25, 0.3) is 0 Å². The van der Waals surface area contributed by atoms with Crippen LogP contribution in [0.3, 0.4) is 0 Å². The lowest BCUT2D eigenvalue weighted by Gasteiger charge is -2.08. The van der Waals surface area contributed by atoms with E-state index in [2.05, 4.69) is 21.2 Å². The highest BCUT2D eigenvalue weighted by Gasteiger charge is 2.09. The van der Waals surface area contributed by atoms with Crippen molar-refractivity contribution >= 4 is 33.4 Å². The normalized spacial score (nSPS) is 12.2. The van der Waals surface area contributed by atoms with Crippen LogP contribution in [0.1, 0.15) is 29.3 Å². The first-order valence-electron chi connectivity index (χ1n) is 5.19. The topological polar surface area (TPSA) is 29.1 Å². The van der Waals surface area contributed by atoms with Gasteiger partial charge in [0.1, 0.15) is 0 Å². The maximum atomic E-state index is 11.8. The average Bonchev–Trinajstić information content (AvgIpc) is 2.21. The lowest BCUT2D eigenvalue weighted by Crippen LogP contribution is -2.26. The molecule has 0 bridgehead atoms. The molecular weight excluding hydrogens is 289 g/mol. The van der Waals surface area contributed by atoms with Crippen molar-refractivity contribution in [2.75, 3.05) is 6.54 Å². The summed E-state index contributed by atoms with van der Waals surface area (Å²) < 4.78 is 0.911. The molecule has 0 aliphatic rings. The number of aryl methyl sites for hydroxylation is 1. The van der Waals surface area contributed by atoms with E-state index in [-0.39, 0.29) is 11.3 Å². The molecule has 0 aromatic heterocycles. The predicted octanol–water partition coefficient (Wildman–Crippen LogP) is 3.50. The van der Waals surface area contributed by atoms with Gasteiger partial charge in [0.25, 0.3) is 5.91 Å². The predicted molar refractivity (Wildman–Crippen MR) is 71.1 cm³/mol. The van der Waals surface area contributed by atoms with Crippen LogP contribution < -0.4 is 5.32 Å². The minimum Gasteiger partial charge on any atom is -0.352 e. The van der Waals surface area contributed by atoms with Crippen molar-refractivity contribution in [2.45, 2.75) is 25.6 Å². The van der Waals surface area contributed by atoms with Crippen molar-refractivity contribution in [3.8, 4) is 0 Å². The van der Waals surface area contributed by atoms with E-state index in [4.69, 9.17) is 11.6 Å². The minimum atomic E-state index is -0.0453. The molecule has 1 aromatic rings. The van der Waals surface area contributed by atoms with Crippen LogP contribution in [0.4, 0.5) is 0 Å². The largest absolute Gasteiger partial charge is 0.352 e. The summed E-state index contributed by atoms with van der Waals surface area (Å²) in [6.07, 6.45) is 0.778. The van der Waals surface area contributed by atoms with Gasteiger partial charge in [-0.1, -0.05) is 22.0 Å². The van der Waals surface area contributed by atoms with Crippen molar-refractivity contribution in [3.05, 3.63) is 33.8 Å². The van der Waals surface area contributed by atoms with Crippen LogP contribution in [0.2, 0.25) is 0 Å². The van der Waals surface area contributed by atoms with Gasteiger partial charge < -0.3 is 5.32 Å². The molecule has 1 aromatic carbocycles. The highest BCUT2D eigenvalue weighted by molar-refractivity contribution is 9.10. The Balaban J connectivity index is 2.62. The number of carbonyl (C=O) groups is 1. The summed E-state index contributed by atoms with van der Waals surface area (Å²) in [4.78, 5) is 11.8. The smallest absolute Gasteiger partial charge is 0.251 e. The lowest BCUT2D eigenvalue weighted by atomic mass is 10.1. The fraction of sp³-hybridized carbons (Fsp3) is 0.417. The molecule has 2 nitrogen and oxygen atoms in total. The minimum absolute atomic E-state index is 0.0453. The molecule has 0 radical (unpaired) electrons. The number of carbonyl (C=O) groups excluding carboxylic acids is 1. The summed E-state index contributed by atoms with van der Waals surface area (Å²) in [5.41, 5.74) is 1.68. The van der Waals surface area contributed by atoms with E-state index in [1.54, 1.807) is 0 Å². The SMILES string of the molecule is Cc1ccc(Br)cc1C(=O)NCCC(C)Cl. The summed E-state index contributed by atoms with van der Waals surface area (Å²) in [7, 11) is 0. The van der Waals surface area contributed by atoms with Crippen LogP contribution >= 0.6 is 27.5 Å². The fourth-order valence-corrected chi connectivity index (χ4v) is 1.79. The summed E-state index contributed by atoms with van der Waals surface area (Å²) in [6, 6.07) is 5.67. The van der Waals surface area contributed by atoms with Gasteiger partial charge in [0, 0.05) is 22.0 Å². The van der Waals surface area contributed by atoms with E-state index >= 15 is 0 Å². The highest BCUT2D eigenvalue weighted by Crippen LogP contribution is 2.15. The number of alkyl halides is 1. The van der Waals surface area contributed by atoms with E-state index in [9.17, 15) is 4.79 Å². The summed E-state index contributed by atoms with van der Waals surface area (Å²) in [5, 5.41) is 2.94. The molecular formula is C12H15BrClNO. The average molecular weight is 305 g/mol. The number of nitrogens with one attached hydrogen (secondary N) is 1. The van der Waals surface area contributed by atoms with Gasteiger partial charge in [-0.3, -0.25) is 4.79 Å². The third-order valence-electron chi connectivity index (χ3n) is 2.27. The third-order valence-corrected chi connectivity index (χ3v) is 2.98. The number of benzene rings is 1. The first-order valence-corrected chi connectivity index (χ1v) is 6.42. The Morgan fingerprint density at radius 1 is 1.56 bits per heavy atom. The van der Waals surface area contributed by atoms with Gasteiger partial charge in [-0.15, -0.1) is 11.6 Å². The molecule has 1 N–H and O–H groups in total. The standard InChI is InChI=1S/C12H15BrClNO/c1-8-3-4-10(13)7-11(8)12(16)15-6-5-9(2)14/h3-4,7,9H,5-6H2,1-2H3,(H,15,16). The maximum Gasteiger partial charge on any atom is 0.251 e. The number of hydrogen-bond donors (Lipinski definition) is 1. The Bertz CT molecular complexity index is 379. The Morgan fingerprint density at radius 2 is 2.25 bits per heavy atom. The Labute approximate surface area is 110 Å². The van der Waals surface area contributed by atoms with E-state index in [0.29, 0.717) is 12.1 Å². The highest BCUT2D eigenvalue weighted by atomic mass is 79.9. The molecule has 1 unspecified atom stereocenters. The van der Waals surface area contributed by atoms with Gasteiger partial charge in [0.05, 0.1) is 0 Å². The molecule has 4 heteroatoms. The molecule has 0 aliphatic carbocycles. The molecule has 0 saturated carbocycles. The van der Waals surface area contributed by atoms with Crippen LogP contribution in [0.15, 0.2) is 22.7 Å². The number of halogens is 2. The number of hydrogen-bond acceptors (Lipinski definition) is 1. The van der Waals surface area contributed by atoms with Crippen LogP contribution in [-0.2, 0) is 0 Å². The van der Waals surface area contributed by atoms with Crippen molar-refractivity contribution in [1.29, 1.82) is 0 Å². The second kappa shape index (κ2) is 6.26. The van der Waals surface area contributed by atoms with Crippen LogP contribution in [0.5, 0.6) is 0 Å². The van der Waals surface area contributed by atoms with Gasteiger partial charge in [0.2, 0.25) is 0 Å². The van der Waals surface area contributed by atoms with Crippen LogP contribution in [0, 0.1) is 6.92 Å². The van der Waals surface area contributed by atoms with Crippen LogP contribution in [-0.4, -0.2) is 17.8 Å². The summed E-state index contributed by atoms with van der Waals surface area (Å²) in [5.74, 6) is -0.0453. The molecule has 0 fully saturated rings. The second-order valence-electron chi connectivity index (χ2n) is 3.78. The van der Waals surface area contributed by atoms with E-state index in [1.807, 2.05) is 32.0 Å². The summed E-state index contributed by atoms with van der Waals surface area (Å²) in [6.45, 7) is 4.44. The summed E-state index contributed by atoms with van der Waals surface area (Å²) >= 11 is 9.16. The van der Waals surface area contributed by atoms with E-state index in [1.165, 1.54) is 0 Å². The quantitative estimate of drug-likeness (QED) is 0.848. The number of amides is 1. The Kier molecular flexibility index (Phi) is 5.29. The van der Waals surface area contributed by atoms with E-state index in [0.717, 1.165) is 16.5 Å². The van der Waals surface area contributed by atoms with E-state index < -0.39 is 0 Å². The van der Waals surface area contributed by atoms with Gasteiger partial charge >= 0.3 is 0 Å². The Hall–Kier alpha value is -0.540. The molecule has 88 valence electrons. The molecule has 0 aliphatic heterocycles. The zero-order valence-electron chi connectivity index (χ0n) is 9.39. The van der Waals surface area contributed by atoms with Gasteiger partial charge in [-0.2, -0.15) is 0 Å². The zero-order chi connectivity index (χ0) is 12.1. The number of rotatable bonds is 4. The lowest BCUT2D eigenvalue weighted by molar-refractivity contribution is 0.0952. The molecule has 0 spiro atoms. The van der Waals surface area contributed by atoms with Crippen molar-refractivity contribution in [3.63, 3.8) is 0 Å². The molecule has 1 atom stereocenters. The fourth-order valence-electron chi connectivity index (χ4n) is 1.32. The molecule has 1 amide bonds. The Morgan fingerprint density at radius 3 is 2.88 bits per heavy atom. The van der Waals surface area contributed by atoms with Gasteiger partial charge in [0.15, 0.2) is 0 Å². The van der Waals surface area contributed by atoms with Crippen molar-refractivity contribution in [1.82, 2.24) is 5.32 Å². The zero-order valence-corrected chi connectivity index (χ0v) is 11.7. The van der Waals surface area contributed by atoms with Gasteiger partial charge in [-0.25, -0.2) is 0 Å². The first-order chi connectivity index (χ1) is 7.50.